The maximum Gasteiger partial charge on any atom is 0.0594 e. The number of ether oxygens (including phenoxy) is 1. The Bertz CT molecular complexity index is 1560. The monoisotopic (exact) mass is 1920 g/mol. The fraction of sp³-hybridized carbons (Fsp3) is 0.948. The van der Waals surface area contributed by atoms with E-state index in [1.165, 1.54) is 323 Å². The predicted molar refractivity (Wildman–Crippen MR) is 635 cm³/mol. The topological polar surface area (TPSA) is 57.8 Å². The van der Waals surface area contributed by atoms with Crippen molar-refractivity contribution < 1.29 is 4.74 Å². The summed E-state index contributed by atoms with van der Waals surface area (Å²) in [5, 5.41) is 0. The van der Waals surface area contributed by atoms with Gasteiger partial charge in [0.1, 0.15) is 0 Å². The molecule has 12 heterocycles. The van der Waals surface area contributed by atoms with Gasteiger partial charge in [0.05, 0.1) is 13.2 Å². The molecule has 0 aliphatic carbocycles. The van der Waals surface area contributed by atoms with Crippen LogP contribution < -0.4 is 0 Å². The molecule has 0 N–H and O–H groups in total. The fourth-order valence-electron chi connectivity index (χ4n) is 12.0. The molecule has 132 heavy (non-hydrogen) atoms. The number of likely N-dealkylation sites (N-methyl/N-ethyl adjacent to an activating group) is 7. The summed E-state index contributed by atoms with van der Waals surface area (Å²) < 4.78 is 5.10. The minimum atomic E-state index is 0.913. The normalized spacial score (nSPS) is 18.6. The third-order valence-electron chi connectivity index (χ3n) is 19.4. The number of likely N-dealkylation sites (tertiary alicyclic amines) is 4. The highest BCUT2D eigenvalue weighted by molar-refractivity contribution is 7.99. The summed E-state index contributed by atoms with van der Waals surface area (Å²) in [5.74, 6) is 2.66. The van der Waals surface area contributed by atoms with Crippen molar-refractivity contribution in [3.05, 3.63) is 36.5 Å². The van der Waals surface area contributed by atoms with E-state index in [4.69, 9.17) is 4.74 Å². The summed E-state index contributed by atoms with van der Waals surface area (Å²) in [7, 11) is 32.7. The molecule has 17 heteroatoms. The number of piperidine rings is 1. The van der Waals surface area contributed by atoms with Gasteiger partial charge < -0.3 is 78.2 Å². The highest BCUT2D eigenvalue weighted by Gasteiger charge is 2.11. The Labute approximate surface area is 852 Å². The van der Waals surface area contributed by atoms with E-state index in [1.54, 1.807) is 0 Å². The lowest BCUT2D eigenvalue weighted by Crippen LogP contribution is -2.42. The first-order valence-corrected chi connectivity index (χ1v) is 59.0. The summed E-state index contributed by atoms with van der Waals surface area (Å²) in [4.78, 5) is 35.6. The number of hydrogen-bond acceptors (Lipinski definition) is 17. The molecule has 9 saturated heterocycles. The van der Waals surface area contributed by atoms with Crippen molar-refractivity contribution in [2.45, 2.75) is 404 Å². The van der Waals surface area contributed by atoms with Crippen LogP contribution in [0.5, 0.6) is 0 Å². The van der Waals surface area contributed by atoms with Gasteiger partial charge in [-0.3, -0.25) is 0 Å². The van der Waals surface area contributed by atoms with E-state index in [0.29, 0.717) is 0 Å². The molecule has 824 valence electrons. The van der Waals surface area contributed by atoms with Crippen LogP contribution in [0.15, 0.2) is 36.5 Å². The van der Waals surface area contributed by atoms with Gasteiger partial charge in [0.25, 0.3) is 0 Å². The van der Waals surface area contributed by atoms with Crippen molar-refractivity contribution in [3.63, 3.8) is 0 Å². The zero-order chi connectivity index (χ0) is 107. The molecule has 0 aromatic rings. The lowest BCUT2D eigenvalue weighted by molar-refractivity contribution is 0.0503. The van der Waals surface area contributed by atoms with Gasteiger partial charge >= 0.3 is 0 Å². The average molecular weight is 1920 g/mol. The Morgan fingerprint density at radius 3 is 0.500 bits per heavy atom. The van der Waals surface area contributed by atoms with Crippen LogP contribution in [0.4, 0.5) is 0 Å². The number of hydrogen-bond donors (Lipinski definition) is 0. The third-order valence-corrected chi connectivity index (χ3v) is 20.3. The summed E-state index contributed by atoms with van der Waals surface area (Å²) in [6, 6.07) is 0. The predicted octanol–water partition coefficient (Wildman–Crippen LogP) is 29.5. The van der Waals surface area contributed by atoms with E-state index in [1.807, 2.05) is 263 Å². The lowest BCUT2D eigenvalue weighted by atomic mass is 10.1. The second kappa shape index (κ2) is 185. The Morgan fingerprint density at radius 1 is 0.136 bits per heavy atom. The van der Waals surface area contributed by atoms with Crippen LogP contribution >= 0.6 is 11.8 Å². The van der Waals surface area contributed by atoms with E-state index in [-0.39, 0.29) is 0 Å². The van der Waals surface area contributed by atoms with E-state index in [0.717, 1.165) is 39.4 Å². The van der Waals surface area contributed by atoms with Crippen LogP contribution in [0.2, 0.25) is 0 Å². The van der Waals surface area contributed by atoms with Crippen LogP contribution in [0.3, 0.4) is 0 Å². The molecule has 0 atom stereocenters. The molecular weight excluding hydrogens is 1640 g/mol. The van der Waals surface area contributed by atoms with Gasteiger partial charge in [-0.1, -0.05) is 338 Å². The molecule has 0 spiro atoms. The molecule has 9 fully saturated rings. The van der Waals surface area contributed by atoms with Crippen molar-refractivity contribution in [2.24, 2.45) is 0 Å². The van der Waals surface area contributed by atoms with Gasteiger partial charge in [-0.05, 0) is 307 Å². The molecule has 16 nitrogen and oxygen atoms in total. The Hall–Kier alpha value is -1.07. The highest BCUT2D eigenvalue weighted by atomic mass is 32.2. The van der Waals surface area contributed by atoms with Crippen LogP contribution in [-0.4, -0.2) is 400 Å². The fourth-order valence-corrected chi connectivity index (χ4v) is 13.1. The number of thioether (sulfide) groups is 1. The van der Waals surface area contributed by atoms with Gasteiger partial charge in [0.2, 0.25) is 0 Å². The van der Waals surface area contributed by atoms with Gasteiger partial charge in [0.15, 0.2) is 0 Å². The zero-order valence-electron chi connectivity index (χ0n) is 104. The first-order valence-electron chi connectivity index (χ1n) is 57.8. The maximum absolute atomic E-state index is 5.10. The van der Waals surface area contributed by atoms with E-state index >= 15 is 0 Å². The molecular formula is C115H277N15OS. The van der Waals surface area contributed by atoms with Crippen LogP contribution in [0.25, 0.3) is 0 Å². The number of nitrogens with zero attached hydrogens (tertiary/aromatic N) is 15. The summed E-state index contributed by atoms with van der Waals surface area (Å²) >= 11 is 2.06. The molecule has 0 saturated carbocycles. The standard InChI is InChI=1S/C8H18N2.C8H17N.C7H16N2.C7H15N.2C7H13N.C6H14N2.C6H13N.C6H11N.C5H11NO.C5H11NS.C5H11N.19C2H6/c1-9-5-3-7-10(2)8-4-6-9;1-9-7-5-3-2-4-6-8-9;1-8-4-3-5-9(2)7-6-8;3*1-8-6-4-2-3-5-7-8;1-7-3-5-8(2)6-4-7;2*1-7-5-3-2-4-6-7;2*1-6-2-4-7-5-3-6;1-6-4-2-3-5-6;19*1-2/h3-8H2,1-2H3;2-8H2,1H3;3-7H2,1-2H3;2-7H2,1H3;2,4H,3,5-7H2,1H3;2-3H,4-7H2,1H3;3-6H2,1-2H3;2-6H2,1H3;2-3H,4-6H2,1H3;2*2-5H2,1H3;2-5H2,1H3;19*1-2H3. The maximum atomic E-state index is 5.10. The lowest BCUT2D eigenvalue weighted by Gasteiger charge is -2.28. The van der Waals surface area contributed by atoms with E-state index < -0.39 is 0 Å². The zero-order valence-corrected chi connectivity index (χ0v) is 104. The molecule has 0 aromatic carbocycles. The minimum Gasteiger partial charge on any atom is -0.379 e. The van der Waals surface area contributed by atoms with Crippen molar-refractivity contribution >= 4 is 11.8 Å². The van der Waals surface area contributed by atoms with Crippen LogP contribution in [-0.2, 0) is 4.74 Å². The van der Waals surface area contributed by atoms with Gasteiger partial charge in [-0.15, -0.1) is 0 Å². The number of piperazine rings is 1. The number of rotatable bonds is 0. The minimum absolute atomic E-state index is 0.913. The smallest absolute Gasteiger partial charge is 0.0594 e. The molecule has 12 aliphatic rings. The molecule has 0 bridgehead atoms. The van der Waals surface area contributed by atoms with Crippen LogP contribution in [0, 0.1) is 0 Å². The second-order valence-corrected chi connectivity index (χ2v) is 30.8. The highest BCUT2D eigenvalue weighted by Crippen LogP contribution is 2.11. The molecule has 12 rings (SSSR count). The van der Waals surface area contributed by atoms with Crippen molar-refractivity contribution in [2.75, 3.05) is 327 Å². The first-order chi connectivity index (χ1) is 64.4. The Kier molecular flexibility index (Phi) is 248. The number of morpholine rings is 1. The Morgan fingerprint density at radius 2 is 0.288 bits per heavy atom. The van der Waals surface area contributed by atoms with Gasteiger partial charge in [0, 0.05) is 110 Å². The van der Waals surface area contributed by atoms with E-state index in [2.05, 4.69) is 227 Å². The summed E-state index contributed by atoms with van der Waals surface area (Å²) in [6.45, 7) is 115. The molecule has 12 aliphatic heterocycles. The summed E-state index contributed by atoms with van der Waals surface area (Å²) in [6.07, 6.45) is 43.8. The quantitative estimate of drug-likeness (QED) is 0.216. The van der Waals surface area contributed by atoms with E-state index in [9.17, 15) is 0 Å². The molecule has 0 radical (unpaired) electrons. The summed E-state index contributed by atoms with van der Waals surface area (Å²) in [5.41, 5.74) is 0. The number of allylic oxidation sites excluding steroid dienone is 1. The van der Waals surface area contributed by atoms with Gasteiger partial charge in [-0.25, -0.2) is 0 Å². The van der Waals surface area contributed by atoms with Gasteiger partial charge in [-0.2, -0.15) is 11.8 Å². The Balaban J connectivity index is -0.0000000601. The van der Waals surface area contributed by atoms with Crippen molar-refractivity contribution in [1.29, 1.82) is 0 Å². The first kappa shape index (κ1) is 176. The third kappa shape index (κ3) is 181. The second-order valence-electron chi connectivity index (χ2n) is 29.6. The molecule has 0 aromatic heterocycles. The largest absolute Gasteiger partial charge is 0.379 e. The molecule has 0 amide bonds. The SMILES string of the molecule is CC.CC.CC.CC.CC.CC.CC.CC.CC.CC.CC.CC.CC.CC.CC.CC.CC.CC.CC.CN1CC=CCC1.CN1CC=CCCC1.CN1CCC=CCC1.CN1CCCC1.CN1CCCCC1.CN1CCCCCC1.CN1CCCCCCC1.CN1CCCN(C)CC1.CN1CCCN(C)CCC1.CN1CCN(C)CC1.CN1CCOCC1.CN1CCSCC1. The van der Waals surface area contributed by atoms with Crippen LogP contribution in [0.1, 0.15) is 404 Å². The average Bonchev–Trinajstić information content (AvgIpc) is 1.28. The van der Waals surface area contributed by atoms with Crippen molar-refractivity contribution in [3.8, 4) is 0 Å². The molecule has 0 unspecified atom stereocenters. The van der Waals surface area contributed by atoms with Crippen molar-refractivity contribution in [1.82, 2.24) is 73.5 Å².